The third-order valence-corrected chi connectivity index (χ3v) is 3.67. The molecule has 0 bridgehead atoms. The Labute approximate surface area is 89.8 Å². The fourth-order valence-corrected chi connectivity index (χ4v) is 2.94. The first-order valence-corrected chi connectivity index (χ1v) is 5.61. The molecule has 76 valence electrons. The molecule has 3 rings (SSSR count). The third-order valence-electron chi connectivity index (χ3n) is 3.67. The first kappa shape index (κ1) is 8.90. The number of benzene rings is 1. The Morgan fingerprint density at radius 3 is 2.93 bits per heavy atom. The number of Topliss-reactive ketones (excluding diaryl/α,β-unsaturated/α-hetero) is 1. The van der Waals surface area contributed by atoms with E-state index in [-0.39, 0.29) is 5.41 Å². The molecule has 0 aliphatic heterocycles. The van der Waals surface area contributed by atoms with Gasteiger partial charge in [-0.25, -0.2) is 0 Å². The highest BCUT2D eigenvalue weighted by Gasteiger charge is 2.38. The van der Waals surface area contributed by atoms with E-state index in [1.807, 2.05) is 0 Å². The van der Waals surface area contributed by atoms with Gasteiger partial charge >= 0.3 is 0 Å². The number of ketones is 1. The number of rotatable bonds is 0. The minimum Gasteiger partial charge on any atom is -0.300 e. The van der Waals surface area contributed by atoms with Crippen LogP contribution in [0.25, 0.3) is 6.08 Å². The molecule has 0 aromatic heterocycles. The van der Waals surface area contributed by atoms with E-state index in [1.54, 1.807) is 0 Å². The monoisotopic (exact) mass is 198 g/mol. The highest BCUT2D eigenvalue weighted by molar-refractivity contribution is 5.83. The molecule has 1 fully saturated rings. The average molecular weight is 198 g/mol. The van der Waals surface area contributed by atoms with Crippen LogP contribution in [0, 0.1) is 0 Å². The molecule has 1 aromatic rings. The second-order valence-corrected chi connectivity index (χ2v) is 4.65. The Morgan fingerprint density at radius 2 is 2.07 bits per heavy atom. The van der Waals surface area contributed by atoms with Gasteiger partial charge in [0.2, 0.25) is 0 Å². The van der Waals surface area contributed by atoms with Gasteiger partial charge in [-0.1, -0.05) is 36.4 Å². The van der Waals surface area contributed by atoms with Crippen molar-refractivity contribution in [3.63, 3.8) is 0 Å². The molecular weight excluding hydrogens is 184 g/mol. The third kappa shape index (κ3) is 1.26. The fourth-order valence-electron chi connectivity index (χ4n) is 2.94. The van der Waals surface area contributed by atoms with Gasteiger partial charge in [-0.15, -0.1) is 0 Å². The Hall–Kier alpha value is -1.37. The quantitative estimate of drug-likeness (QED) is 0.626. The van der Waals surface area contributed by atoms with E-state index in [9.17, 15) is 4.79 Å². The highest BCUT2D eigenvalue weighted by atomic mass is 16.1. The van der Waals surface area contributed by atoms with Crippen LogP contribution in [-0.2, 0) is 10.2 Å². The molecule has 1 heteroatoms. The number of fused-ring (bicyclic) bond motifs is 2. The van der Waals surface area contributed by atoms with Crippen LogP contribution in [0.4, 0.5) is 0 Å². The standard InChI is InChI=1S/C14H14O/c15-12-5-3-8-14(10-12)9-7-11-4-1-2-6-13(11)14/h1-2,4,6-7,9H,3,5,8,10H2/t14-/m1/s1. The van der Waals surface area contributed by atoms with E-state index in [1.165, 1.54) is 11.1 Å². The van der Waals surface area contributed by atoms with E-state index in [4.69, 9.17) is 0 Å². The number of allylic oxidation sites excluding steroid dienone is 1. The smallest absolute Gasteiger partial charge is 0.134 e. The number of carbonyl (C=O) groups excluding carboxylic acids is 1. The summed E-state index contributed by atoms with van der Waals surface area (Å²) in [6.45, 7) is 0. The largest absolute Gasteiger partial charge is 0.300 e. The van der Waals surface area contributed by atoms with Crippen molar-refractivity contribution < 1.29 is 4.79 Å². The SMILES string of the molecule is O=C1CCC[C@@]2(C=Cc3ccccc32)C1. The summed E-state index contributed by atoms with van der Waals surface area (Å²) < 4.78 is 0. The van der Waals surface area contributed by atoms with Crippen molar-refractivity contribution in [2.75, 3.05) is 0 Å². The Kier molecular flexibility index (Phi) is 1.82. The fraction of sp³-hybridized carbons (Fsp3) is 0.357. The van der Waals surface area contributed by atoms with Gasteiger partial charge in [0.1, 0.15) is 5.78 Å². The van der Waals surface area contributed by atoms with E-state index in [2.05, 4.69) is 36.4 Å². The van der Waals surface area contributed by atoms with Crippen molar-refractivity contribution >= 4 is 11.9 Å². The normalized spacial score (nSPS) is 28.4. The zero-order valence-electron chi connectivity index (χ0n) is 8.70. The van der Waals surface area contributed by atoms with Crippen molar-refractivity contribution in [1.29, 1.82) is 0 Å². The summed E-state index contributed by atoms with van der Waals surface area (Å²) in [6, 6.07) is 8.45. The summed E-state index contributed by atoms with van der Waals surface area (Å²) in [7, 11) is 0. The summed E-state index contributed by atoms with van der Waals surface area (Å²) in [5.41, 5.74) is 2.71. The van der Waals surface area contributed by atoms with Gasteiger partial charge in [0, 0.05) is 18.3 Å². The Morgan fingerprint density at radius 1 is 1.20 bits per heavy atom. The van der Waals surface area contributed by atoms with Gasteiger partial charge in [-0.2, -0.15) is 0 Å². The maximum Gasteiger partial charge on any atom is 0.134 e. The number of hydrogen-bond donors (Lipinski definition) is 0. The van der Waals surface area contributed by atoms with Crippen LogP contribution in [0.1, 0.15) is 36.8 Å². The molecule has 1 nitrogen and oxygen atoms in total. The zero-order chi connectivity index (χ0) is 10.3. The van der Waals surface area contributed by atoms with Gasteiger partial charge in [0.15, 0.2) is 0 Å². The van der Waals surface area contributed by atoms with Gasteiger partial charge in [0.25, 0.3) is 0 Å². The van der Waals surface area contributed by atoms with Gasteiger partial charge < -0.3 is 0 Å². The van der Waals surface area contributed by atoms with Gasteiger partial charge in [0.05, 0.1) is 0 Å². The second kappa shape index (κ2) is 3.06. The van der Waals surface area contributed by atoms with Crippen LogP contribution in [0.15, 0.2) is 30.3 Å². The van der Waals surface area contributed by atoms with Gasteiger partial charge in [-0.3, -0.25) is 4.79 Å². The lowest BCUT2D eigenvalue weighted by Gasteiger charge is -2.32. The molecule has 1 atom stereocenters. The highest BCUT2D eigenvalue weighted by Crippen LogP contribution is 2.45. The molecule has 2 aliphatic rings. The molecule has 0 radical (unpaired) electrons. The summed E-state index contributed by atoms with van der Waals surface area (Å²) in [4.78, 5) is 11.6. The molecule has 2 aliphatic carbocycles. The topological polar surface area (TPSA) is 17.1 Å². The van der Waals surface area contributed by atoms with Crippen molar-refractivity contribution in [3.8, 4) is 0 Å². The maximum atomic E-state index is 11.6. The predicted molar refractivity (Wildman–Crippen MR) is 60.6 cm³/mol. The average Bonchev–Trinajstić information content (AvgIpc) is 2.59. The molecule has 0 amide bonds. The minimum atomic E-state index is 0.0475. The predicted octanol–water partition coefficient (Wildman–Crippen LogP) is 3.09. The van der Waals surface area contributed by atoms with Crippen molar-refractivity contribution in [2.24, 2.45) is 0 Å². The lowest BCUT2D eigenvalue weighted by Crippen LogP contribution is -2.29. The maximum absolute atomic E-state index is 11.6. The number of hydrogen-bond acceptors (Lipinski definition) is 1. The van der Waals surface area contributed by atoms with Crippen LogP contribution in [-0.4, -0.2) is 5.78 Å². The van der Waals surface area contributed by atoms with E-state index >= 15 is 0 Å². The Bertz CT molecular complexity index is 444. The van der Waals surface area contributed by atoms with Crippen LogP contribution in [0.2, 0.25) is 0 Å². The first-order valence-electron chi connectivity index (χ1n) is 5.61. The first-order chi connectivity index (χ1) is 7.30. The summed E-state index contributed by atoms with van der Waals surface area (Å²) in [5.74, 6) is 0.419. The molecular formula is C14H14O. The molecule has 1 spiro atoms. The molecule has 0 unspecified atom stereocenters. The Balaban J connectivity index is 2.08. The molecule has 15 heavy (non-hydrogen) atoms. The van der Waals surface area contributed by atoms with E-state index < -0.39 is 0 Å². The number of carbonyl (C=O) groups is 1. The van der Waals surface area contributed by atoms with Gasteiger partial charge in [-0.05, 0) is 24.0 Å². The second-order valence-electron chi connectivity index (χ2n) is 4.65. The lowest BCUT2D eigenvalue weighted by atomic mass is 9.70. The van der Waals surface area contributed by atoms with Crippen molar-refractivity contribution in [3.05, 3.63) is 41.5 Å². The lowest BCUT2D eigenvalue weighted by molar-refractivity contribution is -0.121. The summed E-state index contributed by atoms with van der Waals surface area (Å²) in [6.07, 6.45) is 8.07. The molecule has 1 saturated carbocycles. The zero-order valence-corrected chi connectivity index (χ0v) is 8.70. The summed E-state index contributed by atoms with van der Waals surface area (Å²) in [5, 5.41) is 0. The van der Waals surface area contributed by atoms with E-state index in [0.717, 1.165) is 19.3 Å². The minimum absolute atomic E-state index is 0.0475. The van der Waals surface area contributed by atoms with Crippen LogP contribution >= 0.6 is 0 Å². The van der Waals surface area contributed by atoms with E-state index in [0.29, 0.717) is 12.2 Å². The van der Waals surface area contributed by atoms with Crippen LogP contribution < -0.4 is 0 Å². The molecule has 0 N–H and O–H groups in total. The molecule has 1 aromatic carbocycles. The van der Waals surface area contributed by atoms with Crippen molar-refractivity contribution in [2.45, 2.75) is 31.1 Å². The van der Waals surface area contributed by atoms with Crippen LogP contribution in [0.5, 0.6) is 0 Å². The summed E-state index contributed by atoms with van der Waals surface area (Å²) >= 11 is 0. The van der Waals surface area contributed by atoms with Crippen molar-refractivity contribution in [1.82, 2.24) is 0 Å². The molecule has 0 saturated heterocycles. The van der Waals surface area contributed by atoms with Crippen LogP contribution in [0.3, 0.4) is 0 Å². The molecule has 0 heterocycles.